The first-order valence-electron chi connectivity index (χ1n) is 6.65. The van der Waals surface area contributed by atoms with Crippen LogP contribution in [0.2, 0.25) is 0 Å². The topological polar surface area (TPSA) is 66.5 Å². The molecular weight excluding hydrogens is 289 g/mol. The Hall–Kier alpha value is -2.15. The van der Waals surface area contributed by atoms with Crippen molar-refractivity contribution in [1.29, 1.82) is 0 Å². The zero-order valence-corrected chi connectivity index (χ0v) is 12.2. The molecule has 5 nitrogen and oxygen atoms in total. The van der Waals surface area contributed by atoms with Crippen molar-refractivity contribution in [3.05, 3.63) is 36.4 Å². The summed E-state index contributed by atoms with van der Waals surface area (Å²) in [5.74, 6) is 0.243. The summed E-state index contributed by atoms with van der Waals surface area (Å²) < 4.78 is 13.8. The lowest BCUT2D eigenvalue weighted by Crippen LogP contribution is -2.05. The Kier molecular flexibility index (Phi) is 4.01. The average Bonchev–Trinajstić information content (AvgIpc) is 2.96. The monoisotopic (exact) mass is 303 g/mol. The number of nitrogens with one attached hydrogen (secondary N) is 2. The fourth-order valence-corrected chi connectivity index (χ4v) is 2.73. The molecule has 0 amide bonds. The number of fused-ring (bicyclic) bond motifs is 1. The predicted octanol–water partition coefficient (Wildman–Crippen LogP) is 3.47. The molecule has 0 aliphatic rings. The van der Waals surface area contributed by atoms with Crippen LogP contribution in [0.15, 0.2) is 40.5 Å². The minimum atomic E-state index is -0.267. The van der Waals surface area contributed by atoms with E-state index in [-0.39, 0.29) is 5.82 Å². The highest BCUT2D eigenvalue weighted by Crippen LogP contribution is 2.32. The zero-order valence-electron chi connectivity index (χ0n) is 11.4. The second-order valence-corrected chi connectivity index (χ2v) is 5.44. The zero-order chi connectivity index (χ0) is 14.7. The number of aromatic nitrogens is 4. The number of hydrogen-bond acceptors (Lipinski definition) is 5. The van der Waals surface area contributed by atoms with Crippen molar-refractivity contribution in [2.24, 2.45) is 0 Å². The van der Waals surface area contributed by atoms with Gasteiger partial charge in [0.15, 0.2) is 5.65 Å². The van der Waals surface area contributed by atoms with E-state index in [1.165, 1.54) is 17.8 Å². The van der Waals surface area contributed by atoms with Gasteiger partial charge >= 0.3 is 0 Å². The van der Waals surface area contributed by atoms with Crippen LogP contribution in [-0.2, 0) is 0 Å². The summed E-state index contributed by atoms with van der Waals surface area (Å²) in [5, 5.41) is 3.79. The molecule has 0 unspecified atom stereocenters. The van der Waals surface area contributed by atoms with Gasteiger partial charge in [0, 0.05) is 11.4 Å². The average molecular weight is 303 g/mol. The van der Waals surface area contributed by atoms with Crippen molar-refractivity contribution in [2.75, 3.05) is 11.9 Å². The van der Waals surface area contributed by atoms with Crippen LogP contribution < -0.4 is 5.32 Å². The highest BCUT2D eigenvalue weighted by Gasteiger charge is 2.13. The minimum absolute atomic E-state index is 0.267. The molecule has 2 aromatic heterocycles. The van der Waals surface area contributed by atoms with Gasteiger partial charge in [0.2, 0.25) is 5.95 Å². The van der Waals surface area contributed by atoms with Crippen LogP contribution in [0, 0.1) is 5.82 Å². The van der Waals surface area contributed by atoms with E-state index in [1.807, 2.05) is 0 Å². The Morgan fingerprint density at radius 1 is 1.29 bits per heavy atom. The minimum Gasteiger partial charge on any atom is -0.354 e. The Bertz CT molecular complexity index is 758. The lowest BCUT2D eigenvalue weighted by Gasteiger charge is -2.07. The van der Waals surface area contributed by atoms with Gasteiger partial charge in [-0.25, -0.2) is 14.4 Å². The lowest BCUT2D eigenvalue weighted by atomic mass is 10.3. The maximum absolute atomic E-state index is 13.8. The Balaban J connectivity index is 2.00. The first-order chi connectivity index (χ1) is 10.3. The van der Waals surface area contributed by atoms with Crippen LogP contribution >= 0.6 is 11.8 Å². The largest absolute Gasteiger partial charge is 0.354 e. The number of halogens is 1. The van der Waals surface area contributed by atoms with Gasteiger partial charge in [-0.05, 0) is 18.6 Å². The van der Waals surface area contributed by atoms with Gasteiger partial charge in [-0.15, -0.1) is 0 Å². The van der Waals surface area contributed by atoms with E-state index in [0.717, 1.165) is 13.0 Å². The quantitative estimate of drug-likeness (QED) is 0.707. The van der Waals surface area contributed by atoms with E-state index >= 15 is 0 Å². The predicted molar refractivity (Wildman–Crippen MR) is 81.0 cm³/mol. The van der Waals surface area contributed by atoms with Crippen LogP contribution in [0.5, 0.6) is 0 Å². The molecule has 0 spiro atoms. The van der Waals surface area contributed by atoms with Crippen LogP contribution in [-0.4, -0.2) is 26.5 Å². The van der Waals surface area contributed by atoms with Gasteiger partial charge in [0.25, 0.3) is 0 Å². The van der Waals surface area contributed by atoms with Crippen LogP contribution in [0.3, 0.4) is 0 Å². The van der Waals surface area contributed by atoms with Crippen molar-refractivity contribution in [1.82, 2.24) is 19.9 Å². The first kappa shape index (κ1) is 13.8. The molecule has 0 fully saturated rings. The van der Waals surface area contributed by atoms with Crippen molar-refractivity contribution >= 4 is 28.9 Å². The van der Waals surface area contributed by atoms with E-state index in [1.54, 1.807) is 24.5 Å². The molecule has 108 valence electrons. The van der Waals surface area contributed by atoms with E-state index in [0.29, 0.717) is 27.0 Å². The summed E-state index contributed by atoms with van der Waals surface area (Å²) in [5.41, 5.74) is 1.28. The Morgan fingerprint density at radius 2 is 2.14 bits per heavy atom. The summed E-state index contributed by atoms with van der Waals surface area (Å²) in [6, 6.07) is 6.62. The highest BCUT2D eigenvalue weighted by molar-refractivity contribution is 7.99. The molecule has 3 aromatic rings. The second-order valence-electron chi connectivity index (χ2n) is 4.41. The molecule has 0 atom stereocenters. The van der Waals surface area contributed by atoms with Gasteiger partial charge < -0.3 is 10.3 Å². The Labute approximate surface area is 125 Å². The molecule has 21 heavy (non-hydrogen) atoms. The van der Waals surface area contributed by atoms with Gasteiger partial charge in [0.05, 0.1) is 6.33 Å². The molecule has 0 saturated carbocycles. The van der Waals surface area contributed by atoms with Crippen molar-refractivity contribution < 1.29 is 4.39 Å². The van der Waals surface area contributed by atoms with Crippen LogP contribution in [0.1, 0.15) is 13.3 Å². The fraction of sp³-hybridized carbons (Fsp3) is 0.214. The number of benzene rings is 1. The SMILES string of the molecule is CCCNc1nc(Sc2ccccc2F)c2[nH]cnc2n1. The summed E-state index contributed by atoms with van der Waals surface area (Å²) in [4.78, 5) is 16.5. The molecule has 3 rings (SSSR count). The molecule has 7 heteroatoms. The standard InChI is InChI=1S/C14H14FN5S/c1-2-7-16-14-19-12-11(17-8-18-12)13(20-14)21-10-6-4-3-5-9(10)15/h3-6,8H,2,7H2,1H3,(H2,16,17,18,19,20). The molecule has 0 aliphatic carbocycles. The van der Waals surface area contributed by atoms with E-state index in [4.69, 9.17) is 0 Å². The lowest BCUT2D eigenvalue weighted by molar-refractivity contribution is 0.602. The normalized spacial score (nSPS) is 11.0. The first-order valence-corrected chi connectivity index (χ1v) is 7.47. The molecular formula is C14H14FN5S. The van der Waals surface area contributed by atoms with Crippen molar-refractivity contribution in [3.63, 3.8) is 0 Å². The van der Waals surface area contributed by atoms with E-state index in [9.17, 15) is 4.39 Å². The number of anilines is 1. The number of H-pyrrole nitrogens is 1. The highest BCUT2D eigenvalue weighted by atomic mass is 32.2. The van der Waals surface area contributed by atoms with Crippen LogP contribution in [0.4, 0.5) is 10.3 Å². The molecule has 2 heterocycles. The fourth-order valence-electron chi connectivity index (χ4n) is 1.83. The van der Waals surface area contributed by atoms with Gasteiger partial charge in [-0.3, -0.25) is 0 Å². The Morgan fingerprint density at radius 3 is 2.95 bits per heavy atom. The third-order valence-electron chi connectivity index (χ3n) is 2.83. The molecule has 1 aromatic carbocycles. The van der Waals surface area contributed by atoms with Gasteiger partial charge in [-0.2, -0.15) is 4.98 Å². The maximum Gasteiger partial charge on any atom is 0.225 e. The number of imidazole rings is 1. The summed E-state index contributed by atoms with van der Waals surface area (Å²) in [6.07, 6.45) is 2.53. The van der Waals surface area contributed by atoms with Gasteiger partial charge in [-0.1, -0.05) is 30.8 Å². The van der Waals surface area contributed by atoms with Gasteiger partial charge in [0.1, 0.15) is 16.4 Å². The second kappa shape index (κ2) is 6.09. The van der Waals surface area contributed by atoms with Crippen molar-refractivity contribution in [2.45, 2.75) is 23.3 Å². The third-order valence-corrected chi connectivity index (χ3v) is 3.87. The molecule has 0 saturated heterocycles. The number of hydrogen-bond donors (Lipinski definition) is 2. The smallest absolute Gasteiger partial charge is 0.225 e. The third kappa shape index (κ3) is 2.97. The number of aromatic amines is 1. The maximum atomic E-state index is 13.8. The molecule has 0 radical (unpaired) electrons. The van der Waals surface area contributed by atoms with E-state index < -0.39 is 0 Å². The summed E-state index contributed by atoms with van der Waals surface area (Å²) in [6.45, 7) is 2.84. The summed E-state index contributed by atoms with van der Waals surface area (Å²) >= 11 is 1.26. The number of nitrogens with zero attached hydrogens (tertiary/aromatic N) is 3. The van der Waals surface area contributed by atoms with Crippen molar-refractivity contribution in [3.8, 4) is 0 Å². The number of rotatable bonds is 5. The molecule has 0 aliphatic heterocycles. The molecule has 2 N–H and O–H groups in total. The van der Waals surface area contributed by atoms with E-state index in [2.05, 4.69) is 32.2 Å². The molecule has 0 bridgehead atoms. The van der Waals surface area contributed by atoms with Crippen LogP contribution in [0.25, 0.3) is 11.2 Å². The summed E-state index contributed by atoms with van der Waals surface area (Å²) in [7, 11) is 0.